The van der Waals surface area contributed by atoms with Crippen LogP contribution in [0.5, 0.6) is 0 Å². The van der Waals surface area contributed by atoms with Crippen LogP contribution in [0.25, 0.3) is 5.69 Å². The average Bonchev–Trinajstić information content (AvgIpc) is 2.92. The van der Waals surface area contributed by atoms with E-state index >= 15 is 0 Å². The average molecular weight is 299 g/mol. The molecule has 21 heavy (non-hydrogen) atoms. The minimum absolute atomic E-state index is 0.0863. The second-order valence-electron chi connectivity index (χ2n) is 4.60. The second-order valence-corrected chi connectivity index (χ2v) is 5.91. The molecule has 2 aromatic rings. The Morgan fingerprint density at radius 3 is 3.10 bits per heavy atom. The van der Waals surface area contributed by atoms with Crippen molar-refractivity contribution < 1.29 is 4.79 Å². The first-order valence-corrected chi connectivity index (χ1v) is 7.48. The molecule has 1 unspecified atom stereocenters. The van der Waals surface area contributed by atoms with Crippen molar-refractivity contribution in [2.45, 2.75) is 24.3 Å². The van der Waals surface area contributed by atoms with Crippen molar-refractivity contribution in [3.8, 4) is 18.0 Å². The first-order valence-electron chi connectivity index (χ1n) is 6.60. The number of aryl methyl sites for hydroxylation is 1. The van der Waals surface area contributed by atoms with Gasteiger partial charge in [0.05, 0.1) is 11.8 Å². The first-order chi connectivity index (χ1) is 10.1. The molecular formula is C16H17N3OS. The van der Waals surface area contributed by atoms with Gasteiger partial charge in [0.25, 0.3) is 0 Å². The van der Waals surface area contributed by atoms with Gasteiger partial charge in [0, 0.05) is 18.1 Å². The number of carbonyl (C=O) groups excluding carboxylic acids is 1. The van der Waals surface area contributed by atoms with Crippen molar-refractivity contribution in [3.63, 3.8) is 0 Å². The zero-order valence-corrected chi connectivity index (χ0v) is 12.9. The number of nitrogens with one attached hydrogen (secondary N) is 1. The van der Waals surface area contributed by atoms with Crippen molar-refractivity contribution in [3.05, 3.63) is 42.2 Å². The molecule has 0 spiro atoms. The highest BCUT2D eigenvalue weighted by Gasteiger charge is 2.17. The number of rotatable bonds is 5. The van der Waals surface area contributed by atoms with Gasteiger partial charge in [-0.2, -0.15) is 0 Å². The van der Waals surface area contributed by atoms with E-state index in [4.69, 9.17) is 6.42 Å². The molecule has 0 aliphatic rings. The molecule has 1 N–H and O–H groups in total. The fourth-order valence-corrected chi connectivity index (χ4v) is 2.75. The van der Waals surface area contributed by atoms with Gasteiger partial charge in [-0.25, -0.2) is 4.98 Å². The minimum Gasteiger partial charge on any atom is -0.344 e. The van der Waals surface area contributed by atoms with Gasteiger partial charge in [-0.3, -0.25) is 9.36 Å². The summed E-state index contributed by atoms with van der Waals surface area (Å²) in [4.78, 5) is 16.2. The summed E-state index contributed by atoms with van der Waals surface area (Å²) < 4.78 is 1.97. The lowest BCUT2D eigenvalue weighted by Crippen LogP contribution is -2.31. The molecule has 0 saturated heterocycles. The summed E-state index contributed by atoms with van der Waals surface area (Å²) >= 11 is 1.41. The zero-order valence-electron chi connectivity index (χ0n) is 12.0. The molecule has 5 heteroatoms. The number of hydrogen-bond acceptors (Lipinski definition) is 3. The molecule has 2 rings (SSSR count). The molecule has 108 valence electrons. The van der Waals surface area contributed by atoms with E-state index in [0.717, 1.165) is 10.8 Å². The van der Waals surface area contributed by atoms with Crippen LogP contribution in [0.1, 0.15) is 12.5 Å². The van der Waals surface area contributed by atoms with Crippen LogP contribution < -0.4 is 5.32 Å². The molecule has 0 saturated carbocycles. The predicted molar refractivity (Wildman–Crippen MR) is 85.5 cm³/mol. The van der Waals surface area contributed by atoms with E-state index in [1.807, 2.05) is 42.8 Å². The van der Waals surface area contributed by atoms with Gasteiger partial charge in [0.15, 0.2) is 5.16 Å². The Bertz CT molecular complexity index is 672. The summed E-state index contributed by atoms with van der Waals surface area (Å²) in [5.74, 6) is 2.31. The topological polar surface area (TPSA) is 46.9 Å². The molecule has 0 bridgehead atoms. The summed E-state index contributed by atoms with van der Waals surface area (Å²) in [6.45, 7) is 4.13. The Balaban J connectivity index is 2.14. The Morgan fingerprint density at radius 1 is 1.57 bits per heavy atom. The van der Waals surface area contributed by atoms with E-state index in [-0.39, 0.29) is 17.7 Å². The molecule has 0 aliphatic heterocycles. The molecule has 0 fully saturated rings. The summed E-state index contributed by atoms with van der Waals surface area (Å²) in [5, 5.41) is 3.20. The van der Waals surface area contributed by atoms with Crippen LogP contribution in [-0.4, -0.2) is 27.3 Å². The van der Waals surface area contributed by atoms with Gasteiger partial charge in [-0.1, -0.05) is 29.8 Å². The number of thioether (sulfide) groups is 1. The lowest BCUT2D eigenvalue weighted by atomic mass is 10.2. The van der Waals surface area contributed by atoms with Crippen LogP contribution in [0.4, 0.5) is 0 Å². The van der Waals surface area contributed by atoms with Crippen LogP contribution >= 0.6 is 11.8 Å². The molecule has 1 heterocycles. The maximum absolute atomic E-state index is 11.9. The monoisotopic (exact) mass is 299 g/mol. The van der Waals surface area contributed by atoms with Crippen LogP contribution in [0, 0.1) is 19.3 Å². The van der Waals surface area contributed by atoms with Gasteiger partial charge < -0.3 is 5.32 Å². The van der Waals surface area contributed by atoms with Crippen molar-refractivity contribution in [2.75, 3.05) is 6.54 Å². The molecule has 0 radical (unpaired) electrons. The minimum atomic E-state index is -0.260. The largest absolute Gasteiger partial charge is 0.344 e. The molecule has 1 atom stereocenters. The standard InChI is InChI=1S/C16H17N3OS/c1-4-8-17-15(20)13(3)21-16-18-9-10-19(16)14-7-5-6-12(2)11-14/h1,5-7,9-11,13H,8H2,2-3H3,(H,17,20). The molecular weight excluding hydrogens is 282 g/mol. The van der Waals surface area contributed by atoms with E-state index in [1.54, 1.807) is 6.20 Å². The fourth-order valence-electron chi connectivity index (χ4n) is 1.84. The predicted octanol–water partition coefficient (Wildman–Crippen LogP) is 2.41. The van der Waals surface area contributed by atoms with Gasteiger partial charge in [-0.15, -0.1) is 6.42 Å². The third-order valence-electron chi connectivity index (χ3n) is 2.90. The van der Waals surface area contributed by atoms with Crippen molar-refractivity contribution >= 4 is 17.7 Å². The number of nitrogens with zero attached hydrogens (tertiary/aromatic N) is 2. The maximum Gasteiger partial charge on any atom is 0.234 e. The Hall–Kier alpha value is -2.19. The number of imidazole rings is 1. The van der Waals surface area contributed by atoms with Crippen LogP contribution in [-0.2, 0) is 4.79 Å². The fraction of sp³-hybridized carbons (Fsp3) is 0.250. The second kappa shape index (κ2) is 7.00. The van der Waals surface area contributed by atoms with E-state index in [0.29, 0.717) is 0 Å². The molecule has 1 aromatic heterocycles. The van der Waals surface area contributed by atoms with Gasteiger partial charge >= 0.3 is 0 Å². The number of terminal acetylenes is 1. The van der Waals surface area contributed by atoms with E-state index in [2.05, 4.69) is 22.3 Å². The number of hydrogen-bond donors (Lipinski definition) is 1. The summed E-state index contributed by atoms with van der Waals surface area (Å²) in [7, 11) is 0. The third-order valence-corrected chi connectivity index (χ3v) is 3.98. The SMILES string of the molecule is C#CCNC(=O)C(C)Sc1nccn1-c1cccc(C)c1. The highest BCUT2D eigenvalue weighted by Crippen LogP contribution is 2.24. The summed E-state index contributed by atoms with van der Waals surface area (Å²) in [6, 6.07) is 8.14. The smallest absolute Gasteiger partial charge is 0.234 e. The summed E-state index contributed by atoms with van der Waals surface area (Å²) in [5.41, 5.74) is 2.21. The zero-order chi connectivity index (χ0) is 15.2. The van der Waals surface area contributed by atoms with Crippen LogP contribution in [0.15, 0.2) is 41.8 Å². The number of amides is 1. The van der Waals surface area contributed by atoms with Gasteiger partial charge in [0.2, 0.25) is 5.91 Å². The Kier molecular flexibility index (Phi) is 5.07. The highest BCUT2D eigenvalue weighted by molar-refractivity contribution is 8.00. The molecule has 4 nitrogen and oxygen atoms in total. The number of benzene rings is 1. The molecule has 0 aliphatic carbocycles. The Morgan fingerprint density at radius 2 is 2.38 bits per heavy atom. The lowest BCUT2D eigenvalue weighted by Gasteiger charge is -2.12. The van der Waals surface area contributed by atoms with Crippen molar-refractivity contribution in [1.82, 2.24) is 14.9 Å². The highest BCUT2D eigenvalue weighted by atomic mass is 32.2. The summed E-state index contributed by atoms with van der Waals surface area (Å²) in [6.07, 6.45) is 8.76. The van der Waals surface area contributed by atoms with Crippen molar-refractivity contribution in [2.24, 2.45) is 0 Å². The van der Waals surface area contributed by atoms with Crippen LogP contribution in [0.3, 0.4) is 0 Å². The van der Waals surface area contributed by atoms with E-state index < -0.39 is 0 Å². The maximum atomic E-state index is 11.9. The van der Waals surface area contributed by atoms with E-state index in [1.165, 1.54) is 17.3 Å². The van der Waals surface area contributed by atoms with Gasteiger partial charge in [0.1, 0.15) is 0 Å². The van der Waals surface area contributed by atoms with Crippen LogP contribution in [0.2, 0.25) is 0 Å². The Labute approximate surface area is 129 Å². The van der Waals surface area contributed by atoms with Gasteiger partial charge in [-0.05, 0) is 31.5 Å². The van der Waals surface area contributed by atoms with Crippen molar-refractivity contribution in [1.29, 1.82) is 0 Å². The quantitative estimate of drug-likeness (QED) is 0.681. The molecule has 1 amide bonds. The van der Waals surface area contributed by atoms with E-state index in [9.17, 15) is 4.79 Å². The third kappa shape index (κ3) is 3.89. The lowest BCUT2D eigenvalue weighted by molar-refractivity contribution is -0.120. The number of carbonyl (C=O) groups is 1. The normalized spacial score (nSPS) is 11.7. The molecule has 1 aromatic carbocycles. The first kappa shape index (κ1) is 15.2. The number of aromatic nitrogens is 2.